The summed E-state index contributed by atoms with van der Waals surface area (Å²) in [6.45, 7) is 4.03. The average Bonchev–Trinajstić information content (AvgIpc) is 3.44. The number of carbonyl (C=O) groups excluding carboxylic acids is 2. The van der Waals surface area contributed by atoms with Gasteiger partial charge in [0, 0.05) is 18.5 Å². The number of hydrogen-bond acceptors (Lipinski definition) is 5. The highest BCUT2D eigenvalue weighted by Crippen LogP contribution is 2.38. The largest absolute Gasteiger partial charge is 0.326 e. The summed E-state index contributed by atoms with van der Waals surface area (Å²) >= 11 is 1.31. The van der Waals surface area contributed by atoms with Crippen molar-refractivity contribution < 1.29 is 9.59 Å². The van der Waals surface area contributed by atoms with Crippen LogP contribution in [0.1, 0.15) is 41.1 Å². The Morgan fingerprint density at radius 2 is 1.77 bits per heavy atom. The minimum atomic E-state index is -0.565. The van der Waals surface area contributed by atoms with Crippen molar-refractivity contribution in [3.63, 3.8) is 0 Å². The van der Waals surface area contributed by atoms with Crippen molar-refractivity contribution in [2.24, 2.45) is 10.1 Å². The molecule has 0 radical (unpaired) electrons. The molecule has 0 aromatic heterocycles. The summed E-state index contributed by atoms with van der Waals surface area (Å²) in [6.07, 6.45) is 0.766. The van der Waals surface area contributed by atoms with Crippen LogP contribution in [0.25, 0.3) is 0 Å². The molecule has 2 aliphatic heterocycles. The molecule has 5 rings (SSSR count). The maximum atomic E-state index is 12.8. The number of hydrogen-bond donors (Lipinski definition) is 1. The molecular formula is C28H26N4O2S. The molecule has 0 bridgehead atoms. The molecule has 1 N–H and O–H groups in total. The first kappa shape index (κ1) is 23.1. The van der Waals surface area contributed by atoms with Crippen LogP contribution < -0.4 is 5.32 Å². The molecule has 6 nitrogen and oxygen atoms in total. The lowest BCUT2D eigenvalue weighted by molar-refractivity contribution is -0.121. The number of benzene rings is 3. The van der Waals surface area contributed by atoms with Crippen molar-refractivity contribution in [1.29, 1.82) is 0 Å². The van der Waals surface area contributed by atoms with E-state index in [1.54, 1.807) is 0 Å². The molecule has 0 saturated heterocycles. The lowest BCUT2D eigenvalue weighted by Gasteiger charge is -2.23. The number of thioether (sulfide) groups is 1. The second-order valence-corrected chi connectivity index (χ2v) is 10.0. The van der Waals surface area contributed by atoms with Gasteiger partial charge in [0.2, 0.25) is 5.91 Å². The second-order valence-electron chi connectivity index (χ2n) is 8.85. The van der Waals surface area contributed by atoms with Gasteiger partial charge in [-0.1, -0.05) is 84.1 Å². The second kappa shape index (κ2) is 9.88. The fraction of sp³-hybridized carbons (Fsp3) is 0.214. The predicted octanol–water partition coefficient (Wildman–Crippen LogP) is 5.48. The van der Waals surface area contributed by atoms with E-state index in [4.69, 9.17) is 5.10 Å². The lowest BCUT2D eigenvalue weighted by atomic mass is 9.98. The average molecular weight is 483 g/mol. The molecule has 2 aliphatic rings. The zero-order chi connectivity index (χ0) is 24.4. The quantitative estimate of drug-likeness (QED) is 0.523. The summed E-state index contributed by atoms with van der Waals surface area (Å²) in [7, 11) is 0. The van der Waals surface area contributed by atoms with Crippen LogP contribution in [0.2, 0.25) is 0 Å². The number of anilines is 1. The molecule has 0 aliphatic carbocycles. The van der Waals surface area contributed by atoms with Gasteiger partial charge in [-0.3, -0.25) is 9.59 Å². The molecule has 35 heavy (non-hydrogen) atoms. The Morgan fingerprint density at radius 1 is 1.00 bits per heavy atom. The molecule has 176 valence electrons. The molecule has 0 fully saturated rings. The maximum absolute atomic E-state index is 12.8. The van der Waals surface area contributed by atoms with E-state index in [9.17, 15) is 9.59 Å². The monoisotopic (exact) mass is 482 g/mol. The van der Waals surface area contributed by atoms with Crippen molar-refractivity contribution in [1.82, 2.24) is 5.01 Å². The molecule has 0 saturated carbocycles. The summed E-state index contributed by atoms with van der Waals surface area (Å²) in [5.74, 6) is -0.502. The van der Waals surface area contributed by atoms with Crippen LogP contribution >= 0.6 is 11.8 Å². The van der Waals surface area contributed by atoms with E-state index in [2.05, 4.69) is 53.6 Å². The van der Waals surface area contributed by atoms with Gasteiger partial charge in [0.1, 0.15) is 5.25 Å². The van der Waals surface area contributed by atoms with E-state index in [0.717, 1.165) is 28.1 Å². The van der Waals surface area contributed by atoms with Crippen LogP contribution in [0.4, 0.5) is 5.69 Å². The molecule has 0 spiro atoms. The first-order valence-electron chi connectivity index (χ1n) is 11.6. The number of nitrogens with zero attached hydrogens (tertiary/aromatic N) is 3. The van der Waals surface area contributed by atoms with Gasteiger partial charge in [0.05, 0.1) is 11.8 Å². The van der Waals surface area contributed by atoms with E-state index in [1.807, 2.05) is 54.4 Å². The third kappa shape index (κ3) is 5.20. The third-order valence-corrected chi connectivity index (χ3v) is 7.22. The fourth-order valence-corrected chi connectivity index (χ4v) is 5.31. The standard InChI is InChI=1S/C28H26N4O2S/c1-18-11-13-20(14-12-18)23-16-24(21-8-4-3-5-9-21)32(31-23)28-30-27(34)25(35-28)17-26(33)29-22-10-6-7-19(2)15-22/h3-15,24-25H,16-17H2,1-2H3,(H,29,33)/t24-,25-/m0/s1. The predicted molar refractivity (Wildman–Crippen MR) is 142 cm³/mol. The Balaban J connectivity index is 1.34. The van der Waals surface area contributed by atoms with Gasteiger partial charge in [0.25, 0.3) is 5.91 Å². The number of amidine groups is 1. The first-order valence-corrected chi connectivity index (χ1v) is 12.5. The minimum Gasteiger partial charge on any atom is -0.326 e. The van der Waals surface area contributed by atoms with E-state index in [-0.39, 0.29) is 24.3 Å². The molecular weight excluding hydrogens is 456 g/mol. The number of amides is 2. The fourth-order valence-electron chi connectivity index (χ4n) is 4.25. The number of hydrazone groups is 1. The highest BCUT2D eigenvalue weighted by Gasteiger charge is 2.39. The first-order chi connectivity index (χ1) is 17.0. The SMILES string of the molecule is Cc1ccc(C2=NN(C3=NC(=O)[C@H](CC(=O)Nc4cccc(C)c4)S3)[C@H](c3ccccc3)C2)cc1. The summed E-state index contributed by atoms with van der Waals surface area (Å²) < 4.78 is 0. The maximum Gasteiger partial charge on any atom is 0.262 e. The number of nitrogens with one attached hydrogen (secondary N) is 1. The van der Waals surface area contributed by atoms with Crippen LogP contribution in [-0.2, 0) is 9.59 Å². The van der Waals surface area contributed by atoms with Crippen molar-refractivity contribution in [3.05, 3.63) is 101 Å². The molecule has 0 unspecified atom stereocenters. The Morgan fingerprint density at radius 3 is 2.51 bits per heavy atom. The highest BCUT2D eigenvalue weighted by atomic mass is 32.2. The van der Waals surface area contributed by atoms with Gasteiger partial charge in [-0.2, -0.15) is 10.1 Å². The lowest BCUT2D eigenvalue weighted by Crippen LogP contribution is -2.25. The zero-order valence-corrected chi connectivity index (χ0v) is 20.5. The van der Waals surface area contributed by atoms with E-state index < -0.39 is 5.25 Å². The van der Waals surface area contributed by atoms with Gasteiger partial charge in [-0.25, -0.2) is 5.01 Å². The van der Waals surface area contributed by atoms with E-state index in [1.165, 1.54) is 17.3 Å². The zero-order valence-electron chi connectivity index (χ0n) is 19.6. The molecule has 2 amide bonds. The molecule has 2 heterocycles. The third-order valence-electron chi connectivity index (χ3n) is 6.08. The van der Waals surface area contributed by atoms with Crippen LogP contribution in [0.3, 0.4) is 0 Å². The van der Waals surface area contributed by atoms with Gasteiger partial charge in [-0.15, -0.1) is 0 Å². The van der Waals surface area contributed by atoms with E-state index in [0.29, 0.717) is 11.6 Å². The summed E-state index contributed by atoms with van der Waals surface area (Å²) in [5, 5.41) is 9.61. The summed E-state index contributed by atoms with van der Waals surface area (Å²) in [5.41, 5.74) is 6.09. The summed E-state index contributed by atoms with van der Waals surface area (Å²) in [4.78, 5) is 29.7. The van der Waals surface area contributed by atoms with Gasteiger partial charge >= 0.3 is 0 Å². The van der Waals surface area contributed by atoms with E-state index >= 15 is 0 Å². The Labute approximate surface area is 209 Å². The van der Waals surface area contributed by atoms with Crippen LogP contribution in [-0.4, -0.2) is 33.0 Å². The molecule has 3 aromatic carbocycles. The Hall–Kier alpha value is -3.71. The van der Waals surface area contributed by atoms with Crippen molar-refractivity contribution in [2.45, 2.75) is 38.0 Å². The van der Waals surface area contributed by atoms with Gasteiger partial charge in [-0.05, 0) is 42.7 Å². The Bertz CT molecular complexity index is 1320. The van der Waals surface area contributed by atoms with Crippen molar-refractivity contribution >= 4 is 40.1 Å². The Kier molecular flexibility index (Phi) is 6.51. The number of aryl methyl sites for hydroxylation is 2. The van der Waals surface area contributed by atoms with Crippen LogP contribution in [0.5, 0.6) is 0 Å². The number of rotatable bonds is 5. The topological polar surface area (TPSA) is 74.1 Å². The van der Waals surface area contributed by atoms with Crippen molar-refractivity contribution in [3.8, 4) is 0 Å². The minimum absolute atomic E-state index is 0.0584. The van der Waals surface area contributed by atoms with Gasteiger partial charge < -0.3 is 5.32 Å². The molecule has 3 aromatic rings. The van der Waals surface area contributed by atoms with Gasteiger partial charge in [0.15, 0.2) is 5.17 Å². The number of aliphatic imine (C=N–C) groups is 1. The summed E-state index contributed by atoms with van der Waals surface area (Å²) in [6, 6.07) is 26.0. The highest BCUT2D eigenvalue weighted by molar-refractivity contribution is 8.15. The smallest absolute Gasteiger partial charge is 0.262 e. The normalized spacial score (nSPS) is 19.5. The number of carbonyl (C=O) groups is 2. The molecule has 2 atom stereocenters. The van der Waals surface area contributed by atoms with Crippen LogP contribution in [0, 0.1) is 13.8 Å². The molecule has 7 heteroatoms. The van der Waals surface area contributed by atoms with Crippen molar-refractivity contribution in [2.75, 3.05) is 5.32 Å². The van der Waals surface area contributed by atoms with Crippen LogP contribution in [0.15, 0.2) is 89.0 Å².